The number of carbonyl (C=O) groups is 1. The molecule has 0 spiro atoms. The highest BCUT2D eigenvalue weighted by molar-refractivity contribution is 6.31. The van der Waals surface area contributed by atoms with Gasteiger partial charge >= 0.3 is 0 Å². The second-order valence-corrected chi connectivity index (χ2v) is 7.74. The summed E-state index contributed by atoms with van der Waals surface area (Å²) in [7, 11) is 0. The maximum atomic E-state index is 13.0. The molecular weight excluding hydrogens is 372 g/mol. The first kappa shape index (κ1) is 18.5. The Labute approximate surface area is 168 Å². The highest BCUT2D eigenvalue weighted by Gasteiger charge is 2.34. The van der Waals surface area contributed by atoms with Crippen molar-refractivity contribution >= 4 is 34.2 Å². The Morgan fingerprint density at radius 3 is 2.79 bits per heavy atom. The number of benzene rings is 2. The first-order valence-electron chi connectivity index (χ1n) is 9.56. The first-order valence-corrected chi connectivity index (χ1v) is 9.94. The molecule has 1 aliphatic rings. The number of imidazole rings is 1. The Hall–Kier alpha value is -2.84. The summed E-state index contributed by atoms with van der Waals surface area (Å²) in [6.07, 6.45) is 4.29. The monoisotopic (exact) mass is 392 g/mol. The number of nitriles is 1. The molecule has 1 aromatic heterocycles. The number of rotatable bonds is 4. The molecule has 0 radical (unpaired) electrons. The van der Waals surface area contributed by atoms with Crippen molar-refractivity contribution in [2.75, 3.05) is 5.32 Å². The van der Waals surface area contributed by atoms with E-state index in [1.54, 1.807) is 0 Å². The lowest BCUT2D eigenvalue weighted by Gasteiger charge is -2.29. The second kappa shape index (κ2) is 8.04. The molecule has 3 aromatic rings. The van der Waals surface area contributed by atoms with Crippen LogP contribution in [0, 0.1) is 17.2 Å². The summed E-state index contributed by atoms with van der Waals surface area (Å²) in [4.78, 5) is 21.1. The average Bonchev–Trinajstić information content (AvgIpc) is 3.12. The van der Waals surface area contributed by atoms with E-state index in [2.05, 4.69) is 16.4 Å². The van der Waals surface area contributed by atoms with Gasteiger partial charge in [-0.3, -0.25) is 4.79 Å². The number of aromatic nitrogens is 2. The summed E-state index contributed by atoms with van der Waals surface area (Å²) >= 11 is 6.08. The van der Waals surface area contributed by atoms with E-state index in [9.17, 15) is 4.79 Å². The molecule has 6 heteroatoms. The van der Waals surface area contributed by atoms with Crippen LogP contribution >= 0.6 is 11.6 Å². The predicted octanol–water partition coefficient (Wildman–Crippen LogP) is 5.19. The summed E-state index contributed by atoms with van der Waals surface area (Å²) in [6, 6.07) is 15.2. The van der Waals surface area contributed by atoms with E-state index in [0.29, 0.717) is 11.4 Å². The number of H-pyrrole nitrogens is 1. The lowest BCUT2D eigenvalue weighted by Crippen LogP contribution is -2.31. The zero-order valence-electron chi connectivity index (χ0n) is 15.4. The molecule has 28 heavy (non-hydrogen) atoms. The van der Waals surface area contributed by atoms with Gasteiger partial charge in [-0.25, -0.2) is 4.98 Å². The van der Waals surface area contributed by atoms with Crippen LogP contribution in [0.1, 0.15) is 43.0 Å². The quantitative estimate of drug-likeness (QED) is 0.640. The maximum Gasteiger partial charge on any atom is 0.228 e. The molecule has 1 amide bonds. The third-order valence-electron chi connectivity index (χ3n) is 5.42. The number of fused-ring (bicyclic) bond motifs is 1. The molecule has 0 saturated heterocycles. The van der Waals surface area contributed by atoms with Crippen molar-refractivity contribution in [2.24, 2.45) is 5.92 Å². The van der Waals surface area contributed by atoms with Crippen molar-refractivity contribution in [1.29, 1.82) is 5.26 Å². The fourth-order valence-corrected chi connectivity index (χ4v) is 4.15. The largest absolute Gasteiger partial charge is 0.342 e. The third kappa shape index (κ3) is 3.88. The van der Waals surface area contributed by atoms with E-state index in [1.165, 1.54) is 0 Å². The SMILES string of the molecule is N#CCc1ccc(NC(=O)[C@H]2CCCC[C@H]2c2nc3ccc(Cl)cc3[nH]2)cc1. The normalized spacial score (nSPS) is 19.3. The van der Waals surface area contributed by atoms with E-state index >= 15 is 0 Å². The second-order valence-electron chi connectivity index (χ2n) is 7.30. The molecular formula is C22H21ClN4O. The van der Waals surface area contributed by atoms with Crippen LogP contribution in [0.5, 0.6) is 0 Å². The van der Waals surface area contributed by atoms with Gasteiger partial charge in [-0.15, -0.1) is 0 Å². The summed E-state index contributed by atoms with van der Waals surface area (Å²) in [5.74, 6) is 0.832. The van der Waals surface area contributed by atoms with Crippen molar-refractivity contribution in [2.45, 2.75) is 38.0 Å². The van der Waals surface area contributed by atoms with Crippen LogP contribution in [0.2, 0.25) is 5.02 Å². The fraction of sp³-hybridized carbons (Fsp3) is 0.318. The predicted molar refractivity (Wildman–Crippen MR) is 110 cm³/mol. The standard InChI is InChI=1S/C22H21ClN4O/c23-15-7-10-19-20(13-15)27-21(26-19)17-3-1-2-4-18(17)22(28)25-16-8-5-14(6-9-16)11-12-24/h5-10,13,17-18H,1-4,11H2,(H,25,28)(H,26,27)/t17-,18+/m1/s1. The van der Waals surface area contributed by atoms with Gasteiger partial charge < -0.3 is 10.3 Å². The first-order chi connectivity index (χ1) is 13.6. The van der Waals surface area contributed by atoms with E-state index < -0.39 is 0 Å². The van der Waals surface area contributed by atoms with Crippen LogP contribution in [-0.4, -0.2) is 15.9 Å². The van der Waals surface area contributed by atoms with Crippen molar-refractivity contribution in [1.82, 2.24) is 9.97 Å². The van der Waals surface area contributed by atoms with Crippen molar-refractivity contribution in [3.05, 3.63) is 58.9 Å². The van der Waals surface area contributed by atoms with Crippen molar-refractivity contribution in [3.8, 4) is 6.07 Å². The molecule has 1 saturated carbocycles. The molecule has 0 bridgehead atoms. The number of hydrogen-bond donors (Lipinski definition) is 2. The molecule has 1 heterocycles. The number of halogens is 1. The number of nitrogens with one attached hydrogen (secondary N) is 2. The Bertz CT molecular complexity index is 1030. The minimum Gasteiger partial charge on any atom is -0.342 e. The zero-order chi connectivity index (χ0) is 19.5. The van der Waals surface area contributed by atoms with Crippen LogP contribution in [0.4, 0.5) is 5.69 Å². The number of nitrogens with zero attached hydrogens (tertiary/aromatic N) is 2. The van der Waals surface area contributed by atoms with Crippen LogP contribution < -0.4 is 5.32 Å². The lowest BCUT2D eigenvalue weighted by molar-refractivity contribution is -0.121. The number of carbonyl (C=O) groups excluding carboxylic acids is 1. The molecule has 1 fully saturated rings. The molecule has 0 aliphatic heterocycles. The Morgan fingerprint density at radius 1 is 1.21 bits per heavy atom. The smallest absolute Gasteiger partial charge is 0.228 e. The molecule has 5 nitrogen and oxygen atoms in total. The van der Waals surface area contributed by atoms with Gasteiger partial charge in [0.15, 0.2) is 0 Å². The summed E-state index contributed by atoms with van der Waals surface area (Å²) < 4.78 is 0. The molecule has 2 aromatic carbocycles. The van der Waals surface area contributed by atoms with Crippen LogP contribution in [0.3, 0.4) is 0 Å². The van der Waals surface area contributed by atoms with E-state index in [1.807, 2.05) is 42.5 Å². The van der Waals surface area contributed by atoms with E-state index in [4.69, 9.17) is 21.8 Å². The van der Waals surface area contributed by atoms with Crippen LogP contribution in [0.15, 0.2) is 42.5 Å². The van der Waals surface area contributed by atoms with Gasteiger partial charge in [0.05, 0.1) is 23.5 Å². The van der Waals surface area contributed by atoms with Crippen LogP contribution in [0.25, 0.3) is 11.0 Å². The van der Waals surface area contributed by atoms with E-state index in [-0.39, 0.29) is 17.7 Å². The van der Waals surface area contributed by atoms with Gasteiger partial charge in [0, 0.05) is 22.5 Å². The topological polar surface area (TPSA) is 81.6 Å². The van der Waals surface area contributed by atoms with Crippen molar-refractivity contribution < 1.29 is 4.79 Å². The minimum absolute atomic E-state index is 0.0243. The van der Waals surface area contributed by atoms with Gasteiger partial charge in [0.25, 0.3) is 0 Å². The number of hydrogen-bond acceptors (Lipinski definition) is 3. The van der Waals surface area contributed by atoms with Gasteiger partial charge in [-0.05, 0) is 48.7 Å². The number of aromatic amines is 1. The lowest BCUT2D eigenvalue weighted by atomic mass is 9.78. The molecule has 0 unspecified atom stereocenters. The summed E-state index contributed by atoms with van der Waals surface area (Å²) in [5, 5.41) is 12.5. The molecule has 1 aliphatic carbocycles. The van der Waals surface area contributed by atoms with Gasteiger partial charge in [-0.2, -0.15) is 5.26 Å². The van der Waals surface area contributed by atoms with Gasteiger partial charge in [-0.1, -0.05) is 36.6 Å². The van der Waals surface area contributed by atoms with Gasteiger partial charge in [0.1, 0.15) is 5.82 Å². The highest BCUT2D eigenvalue weighted by Crippen LogP contribution is 2.38. The zero-order valence-corrected chi connectivity index (χ0v) is 16.2. The maximum absolute atomic E-state index is 13.0. The summed E-state index contributed by atoms with van der Waals surface area (Å²) in [6.45, 7) is 0. The third-order valence-corrected chi connectivity index (χ3v) is 5.66. The molecule has 4 rings (SSSR count). The Morgan fingerprint density at radius 2 is 2.00 bits per heavy atom. The number of amides is 1. The van der Waals surface area contributed by atoms with E-state index in [0.717, 1.165) is 53.8 Å². The molecule has 2 atom stereocenters. The average molecular weight is 393 g/mol. The summed E-state index contributed by atoms with van der Waals surface area (Å²) in [5.41, 5.74) is 3.47. The fourth-order valence-electron chi connectivity index (χ4n) is 3.98. The van der Waals surface area contributed by atoms with Crippen LogP contribution in [-0.2, 0) is 11.2 Å². The highest BCUT2D eigenvalue weighted by atomic mass is 35.5. The number of anilines is 1. The Balaban J connectivity index is 1.54. The van der Waals surface area contributed by atoms with Gasteiger partial charge in [0.2, 0.25) is 5.91 Å². The molecule has 2 N–H and O–H groups in total. The Kier molecular flexibility index (Phi) is 5.31. The van der Waals surface area contributed by atoms with Crippen molar-refractivity contribution in [3.63, 3.8) is 0 Å². The molecule has 142 valence electrons. The minimum atomic E-state index is -0.122.